The number of piperazine rings is 1. The summed E-state index contributed by atoms with van der Waals surface area (Å²) >= 11 is 0. The van der Waals surface area contributed by atoms with Crippen LogP contribution in [-0.2, 0) is 4.79 Å². The molecule has 2 amide bonds. The van der Waals surface area contributed by atoms with E-state index in [9.17, 15) is 14.0 Å². The van der Waals surface area contributed by atoms with E-state index in [2.05, 4.69) is 25.6 Å². The number of anilines is 1. The van der Waals surface area contributed by atoms with Crippen molar-refractivity contribution in [3.05, 3.63) is 23.8 Å². The zero-order chi connectivity index (χ0) is 27.9. The second-order valence-electron chi connectivity index (χ2n) is 12.0. The van der Waals surface area contributed by atoms with Gasteiger partial charge in [-0.2, -0.15) is 0 Å². The number of carbonyl (C=O) groups is 2. The van der Waals surface area contributed by atoms with E-state index in [0.29, 0.717) is 26.1 Å². The smallest absolute Gasteiger partial charge is 0.259 e. The molecule has 1 saturated carbocycles. The number of alkyl halides is 1. The predicted molar refractivity (Wildman–Crippen MR) is 146 cm³/mol. The van der Waals surface area contributed by atoms with Gasteiger partial charge in [-0.05, 0) is 25.7 Å². The Morgan fingerprint density at radius 2 is 1.88 bits per heavy atom. The fraction of sp³-hybridized carbons (Fsp3) is 0.714. The molecule has 0 aromatic carbocycles. The Kier molecular flexibility index (Phi) is 7.64. The Balaban J connectivity index is 1.35. The van der Waals surface area contributed by atoms with Crippen molar-refractivity contribution in [2.24, 2.45) is 0 Å². The van der Waals surface area contributed by atoms with E-state index in [-0.39, 0.29) is 35.5 Å². The van der Waals surface area contributed by atoms with E-state index in [1.54, 1.807) is 0 Å². The molecule has 3 aliphatic heterocycles. The summed E-state index contributed by atoms with van der Waals surface area (Å²) in [5.74, 6) is -0.944. The lowest BCUT2D eigenvalue weighted by molar-refractivity contribution is -0.141. The zero-order valence-electron chi connectivity index (χ0n) is 23.0. The molecule has 218 valence electrons. The molecule has 40 heavy (non-hydrogen) atoms. The van der Waals surface area contributed by atoms with Crippen LogP contribution in [0.4, 0.5) is 14.6 Å². The first-order valence-corrected chi connectivity index (χ1v) is 14.9. The summed E-state index contributed by atoms with van der Waals surface area (Å²) in [7, 11) is 0. The number of carbonyl (C=O) groups excluding carboxylic acids is 2. The standard InChI is InChI=1S/C28H40F2N8O2/c29-18-14-32-26-22(25(31)35-38(26)16-18)27(40)34-24-23(36-12-13-37-19(17-36)8-7-9-21(37)39)20(30)15-33-28(24)10-5-3-1-2-4-6-11-28/h14,16,19-20,23-24,33H,1-13,15,17H2,(H2,31,35)(H,34,40)/t19-,20?,23?,24?/m0/s1. The maximum atomic E-state index is 16.1. The first-order valence-electron chi connectivity index (χ1n) is 14.9. The van der Waals surface area contributed by atoms with Crippen LogP contribution in [0.1, 0.15) is 81.0 Å². The van der Waals surface area contributed by atoms with Crippen LogP contribution in [0.3, 0.4) is 0 Å². The number of rotatable bonds is 3. The Morgan fingerprint density at radius 3 is 2.65 bits per heavy atom. The van der Waals surface area contributed by atoms with Crippen molar-refractivity contribution in [1.29, 1.82) is 0 Å². The highest BCUT2D eigenvalue weighted by Gasteiger charge is 2.53. The average Bonchev–Trinajstić information content (AvgIpc) is 3.31. The van der Waals surface area contributed by atoms with Crippen LogP contribution in [0, 0.1) is 5.82 Å². The summed E-state index contributed by atoms with van der Waals surface area (Å²) in [5, 5.41) is 10.9. The quantitative estimate of drug-likeness (QED) is 0.529. The number of hydrogen-bond donors (Lipinski definition) is 3. The number of hydrogen-bond acceptors (Lipinski definition) is 7. The zero-order valence-corrected chi connectivity index (χ0v) is 23.0. The Bertz CT molecular complexity index is 1240. The average molecular weight is 559 g/mol. The van der Waals surface area contributed by atoms with Gasteiger partial charge >= 0.3 is 0 Å². The minimum Gasteiger partial charge on any atom is -0.381 e. The number of nitrogen functional groups attached to an aromatic ring is 1. The molecule has 4 fully saturated rings. The molecular formula is C28H40F2N8O2. The first-order chi connectivity index (χ1) is 19.4. The highest BCUT2D eigenvalue weighted by Crippen LogP contribution is 2.37. The van der Waals surface area contributed by atoms with Gasteiger partial charge in [-0.25, -0.2) is 18.3 Å². The molecule has 6 rings (SSSR count). The third kappa shape index (κ3) is 5.04. The van der Waals surface area contributed by atoms with Gasteiger partial charge in [0.05, 0.1) is 24.5 Å². The molecule has 12 heteroatoms. The van der Waals surface area contributed by atoms with Crippen molar-refractivity contribution in [3.8, 4) is 0 Å². The molecule has 4 aliphatic rings. The SMILES string of the molecule is Nc1nn2cc(F)cnc2c1C(=O)NC1C(N2CCN3C(=O)CCC[C@H]3C2)C(F)CNC12CCCCCCCC2. The Hall–Kier alpha value is -2.86. The van der Waals surface area contributed by atoms with Gasteiger partial charge in [0.2, 0.25) is 5.91 Å². The number of nitrogens with one attached hydrogen (secondary N) is 2. The minimum absolute atomic E-state index is 0.0504. The number of halogens is 2. The molecule has 0 bridgehead atoms. The summed E-state index contributed by atoms with van der Waals surface area (Å²) in [6.07, 6.45) is 11.5. The molecule has 5 heterocycles. The molecule has 4 atom stereocenters. The van der Waals surface area contributed by atoms with Crippen molar-refractivity contribution in [3.63, 3.8) is 0 Å². The van der Waals surface area contributed by atoms with E-state index < -0.39 is 35.5 Å². The maximum Gasteiger partial charge on any atom is 0.259 e. The second kappa shape index (κ2) is 11.2. The summed E-state index contributed by atoms with van der Waals surface area (Å²) in [6.45, 7) is 1.96. The molecule has 2 aromatic rings. The van der Waals surface area contributed by atoms with Crippen LogP contribution >= 0.6 is 0 Å². The second-order valence-corrected chi connectivity index (χ2v) is 12.0. The lowest BCUT2D eigenvalue weighted by atomic mass is 9.72. The predicted octanol–water partition coefficient (Wildman–Crippen LogP) is 2.43. The molecule has 0 radical (unpaired) electrons. The van der Waals surface area contributed by atoms with Crippen LogP contribution in [0.25, 0.3) is 5.65 Å². The Morgan fingerprint density at radius 1 is 1.12 bits per heavy atom. The number of piperidine rings is 2. The van der Waals surface area contributed by atoms with Crippen molar-refractivity contribution in [2.75, 3.05) is 31.9 Å². The van der Waals surface area contributed by atoms with Gasteiger partial charge in [0.25, 0.3) is 5.91 Å². The van der Waals surface area contributed by atoms with E-state index in [0.717, 1.165) is 63.8 Å². The first kappa shape index (κ1) is 27.3. The van der Waals surface area contributed by atoms with E-state index in [4.69, 9.17) is 5.73 Å². The fourth-order valence-corrected chi connectivity index (χ4v) is 7.65. The molecular weight excluding hydrogens is 518 g/mol. The molecule has 2 aromatic heterocycles. The van der Waals surface area contributed by atoms with Gasteiger partial charge in [-0.1, -0.05) is 38.5 Å². The van der Waals surface area contributed by atoms with Crippen molar-refractivity contribution < 1.29 is 18.4 Å². The molecule has 4 N–H and O–H groups in total. The van der Waals surface area contributed by atoms with Crippen LogP contribution < -0.4 is 16.4 Å². The fourth-order valence-electron chi connectivity index (χ4n) is 7.65. The topological polar surface area (TPSA) is 121 Å². The number of aromatic nitrogens is 3. The molecule has 3 unspecified atom stereocenters. The van der Waals surface area contributed by atoms with Gasteiger partial charge in [0.15, 0.2) is 17.3 Å². The normalized spacial score (nSPS) is 29.9. The molecule has 10 nitrogen and oxygen atoms in total. The van der Waals surface area contributed by atoms with Crippen molar-refractivity contribution >= 4 is 23.3 Å². The number of amides is 2. The monoisotopic (exact) mass is 558 g/mol. The maximum absolute atomic E-state index is 16.1. The summed E-state index contributed by atoms with van der Waals surface area (Å²) in [4.78, 5) is 34.7. The van der Waals surface area contributed by atoms with Crippen LogP contribution in [0.15, 0.2) is 12.4 Å². The summed E-state index contributed by atoms with van der Waals surface area (Å²) in [6, 6.07) is -1.03. The van der Waals surface area contributed by atoms with Crippen LogP contribution in [0.5, 0.6) is 0 Å². The van der Waals surface area contributed by atoms with Gasteiger partial charge < -0.3 is 21.3 Å². The van der Waals surface area contributed by atoms with Gasteiger partial charge in [0, 0.05) is 44.2 Å². The lowest BCUT2D eigenvalue weighted by Crippen LogP contribution is -2.76. The van der Waals surface area contributed by atoms with E-state index in [1.807, 2.05) is 4.90 Å². The van der Waals surface area contributed by atoms with Crippen LogP contribution in [0.2, 0.25) is 0 Å². The summed E-state index contributed by atoms with van der Waals surface area (Å²) in [5.41, 5.74) is 5.89. The highest BCUT2D eigenvalue weighted by atomic mass is 19.1. The number of fused-ring (bicyclic) bond motifs is 2. The van der Waals surface area contributed by atoms with E-state index >= 15 is 4.39 Å². The van der Waals surface area contributed by atoms with Gasteiger partial charge in [-0.3, -0.25) is 14.5 Å². The summed E-state index contributed by atoms with van der Waals surface area (Å²) < 4.78 is 31.1. The van der Waals surface area contributed by atoms with Gasteiger partial charge in [-0.15, -0.1) is 5.10 Å². The molecule has 3 saturated heterocycles. The Labute approximate surface area is 233 Å². The minimum atomic E-state index is -1.21. The lowest BCUT2D eigenvalue weighted by Gasteiger charge is -2.56. The third-order valence-corrected chi connectivity index (χ3v) is 9.62. The van der Waals surface area contributed by atoms with Gasteiger partial charge in [0.1, 0.15) is 11.7 Å². The molecule has 1 aliphatic carbocycles. The van der Waals surface area contributed by atoms with E-state index in [1.165, 1.54) is 17.4 Å². The highest BCUT2D eigenvalue weighted by molar-refractivity contribution is 6.04. The third-order valence-electron chi connectivity index (χ3n) is 9.62. The number of nitrogens with zero attached hydrogens (tertiary/aromatic N) is 5. The molecule has 1 spiro atoms. The van der Waals surface area contributed by atoms with Crippen molar-refractivity contribution in [2.45, 2.75) is 100 Å². The van der Waals surface area contributed by atoms with Crippen molar-refractivity contribution in [1.82, 2.24) is 35.0 Å². The number of nitrogens with two attached hydrogens (primary N) is 1. The van der Waals surface area contributed by atoms with Crippen LogP contribution in [-0.4, -0.2) is 92.2 Å². The largest absolute Gasteiger partial charge is 0.381 e.